The van der Waals surface area contributed by atoms with Crippen molar-refractivity contribution in [3.05, 3.63) is 70.7 Å². The Morgan fingerprint density at radius 1 is 1.19 bits per heavy atom. The summed E-state index contributed by atoms with van der Waals surface area (Å²) in [5.41, 5.74) is 8.04. The van der Waals surface area contributed by atoms with Gasteiger partial charge in [-0.15, -0.1) is 0 Å². The third kappa shape index (κ3) is 4.21. The number of hydrogen-bond acceptors (Lipinski definition) is 5. The van der Waals surface area contributed by atoms with Crippen molar-refractivity contribution in [3.8, 4) is 5.75 Å². The van der Waals surface area contributed by atoms with Crippen LogP contribution < -0.4 is 5.73 Å². The van der Waals surface area contributed by atoms with Crippen molar-refractivity contribution < 1.29 is 24.1 Å². The summed E-state index contributed by atoms with van der Waals surface area (Å²) in [6, 6.07) is 9.35. The molecule has 0 spiro atoms. The molecule has 3 rings (SSSR count). The Balaban J connectivity index is 2.01. The molecule has 0 radical (unpaired) electrons. The lowest BCUT2D eigenvalue weighted by molar-refractivity contribution is -0.300. The van der Waals surface area contributed by atoms with Gasteiger partial charge in [0, 0.05) is 22.7 Å². The monoisotopic (exact) mass is 370 g/mol. The fourth-order valence-electron chi connectivity index (χ4n) is 2.81. The number of benzene rings is 2. The van der Waals surface area contributed by atoms with E-state index in [1.165, 1.54) is 18.2 Å². The molecule has 1 amide bonds. The van der Waals surface area contributed by atoms with Gasteiger partial charge in [-0.3, -0.25) is 9.78 Å². The highest BCUT2D eigenvalue weighted by molar-refractivity contribution is 6.07. The van der Waals surface area contributed by atoms with Gasteiger partial charge in [0.25, 0.3) is 0 Å². The van der Waals surface area contributed by atoms with Crippen molar-refractivity contribution in [1.82, 2.24) is 4.98 Å². The number of hydrogen-bond donors (Lipinski definition) is 2. The first-order chi connectivity index (χ1) is 13.0. The topological polar surface area (TPSA) is 94.7 Å². The van der Waals surface area contributed by atoms with E-state index in [1.54, 1.807) is 31.3 Å². The van der Waals surface area contributed by atoms with E-state index in [2.05, 4.69) is 4.98 Å². The van der Waals surface area contributed by atoms with Crippen molar-refractivity contribution in [2.45, 2.75) is 20.0 Å². The Morgan fingerprint density at radius 3 is 2.59 bits per heavy atom. The summed E-state index contributed by atoms with van der Waals surface area (Å²) in [4.78, 5) is 26.0. The van der Waals surface area contributed by atoms with Crippen LogP contribution in [-0.2, 0) is 22.8 Å². The molecule has 0 unspecified atom stereocenters. The molecule has 0 aliphatic heterocycles. The maximum Gasteiger partial charge on any atom is 0.249 e. The van der Waals surface area contributed by atoms with Crippen LogP contribution in [-0.4, -0.2) is 22.6 Å². The van der Waals surface area contributed by atoms with E-state index in [4.69, 9.17) is 15.5 Å². The zero-order valence-electron chi connectivity index (χ0n) is 14.7. The number of pyridine rings is 1. The number of amides is 1. The smallest absolute Gasteiger partial charge is 0.249 e. The van der Waals surface area contributed by atoms with Gasteiger partial charge < -0.3 is 10.8 Å². The molecule has 27 heavy (non-hydrogen) atoms. The number of nitrogens with zero attached hydrogens (tertiary/aromatic N) is 1. The molecule has 0 bridgehead atoms. The van der Waals surface area contributed by atoms with E-state index < -0.39 is 5.91 Å². The largest absolute Gasteiger partial charge is 0.505 e. The molecular formula is C20H19FN2O4. The van der Waals surface area contributed by atoms with E-state index in [0.29, 0.717) is 24.0 Å². The first-order valence-corrected chi connectivity index (χ1v) is 8.41. The highest BCUT2D eigenvalue weighted by Crippen LogP contribution is 2.31. The Labute approximate surface area is 155 Å². The van der Waals surface area contributed by atoms with Crippen LogP contribution in [0.3, 0.4) is 0 Å². The maximum atomic E-state index is 13.1. The quantitative estimate of drug-likeness (QED) is 0.378. The van der Waals surface area contributed by atoms with E-state index in [-0.39, 0.29) is 29.3 Å². The van der Waals surface area contributed by atoms with Crippen molar-refractivity contribution in [2.75, 3.05) is 6.61 Å². The Kier molecular flexibility index (Phi) is 5.63. The Hall–Kier alpha value is -3.03. The molecule has 7 heteroatoms. The van der Waals surface area contributed by atoms with Crippen LogP contribution in [0.25, 0.3) is 10.9 Å². The lowest BCUT2D eigenvalue weighted by atomic mass is 9.99. The summed E-state index contributed by atoms with van der Waals surface area (Å²) in [5.74, 6) is -1.04. The van der Waals surface area contributed by atoms with Crippen molar-refractivity contribution in [2.24, 2.45) is 5.73 Å². The summed E-state index contributed by atoms with van der Waals surface area (Å²) < 4.78 is 13.1. The predicted molar refractivity (Wildman–Crippen MR) is 97.5 cm³/mol. The highest BCUT2D eigenvalue weighted by atomic mass is 19.1. The number of halogens is 1. The SMILES string of the molecule is CCOOCc1cc(C(N)=O)c2cc(Cc3ccc(F)cc3)cnc2c1O. The highest BCUT2D eigenvalue weighted by Gasteiger charge is 2.17. The summed E-state index contributed by atoms with van der Waals surface area (Å²) in [6.07, 6.45) is 2.10. The van der Waals surface area contributed by atoms with Gasteiger partial charge in [0.05, 0.1) is 6.61 Å². The van der Waals surface area contributed by atoms with Crippen LogP contribution in [0.15, 0.2) is 42.6 Å². The molecule has 1 heterocycles. The first kappa shape index (κ1) is 18.8. The average Bonchev–Trinajstić information content (AvgIpc) is 2.65. The van der Waals surface area contributed by atoms with Crippen LogP contribution in [0.2, 0.25) is 0 Å². The van der Waals surface area contributed by atoms with Gasteiger partial charge in [-0.2, -0.15) is 0 Å². The van der Waals surface area contributed by atoms with Crippen molar-refractivity contribution in [1.29, 1.82) is 0 Å². The molecule has 3 aromatic rings. The number of aromatic nitrogens is 1. The molecule has 0 atom stereocenters. The number of phenolic OH excluding ortho intramolecular Hbond substituents is 1. The second kappa shape index (κ2) is 8.11. The molecule has 1 aromatic heterocycles. The van der Waals surface area contributed by atoms with E-state index in [1.807, 2.05) is 0 Å². The summed E-state index contributed by atoms with van der Waals surface area (Å²) in [5, 5.41) is 10.9. The number of aromatic hydroxyl groups is 1. The Bertz CT molecular complexity index is 974. The zero-order chi connectivity index (χ0) is 19.4. The van der Waals surface area contributed by atoms with Gasteiger partial charge in [-0.25, -0.2) is 14.2 Å². The number of nitrogens with two attached hydrogens (primary N) is 1. The van der Waals surface area contributed by atoms with E-state index in [0.717, 1.165) is 11.1 Å². The first-order valence-electron chi connectivity index (χ1n) is 8.41. The van der Waals surface area contributed by atoms with E-state index >= 15 is 0 Å². The number of carbonyl (C=O) groups excluding carboxylic acids is 1. The van der Waals surface area contributed by atoms with E-state index in [9.17, 15) is 14.3 Å². The fraction of sp³-hybridized carbons (Fsp3) is 0.200. The normalized spacial score (nSPS) is 11.0. The fourth-order valence-corrected chi connectivity index (χ4v) is 2.81. The van der Waals surface area contributed by atoms with Gasteiger partial charge in [0.1, 0.15) is 23.7 Å². The van der Waals surface area contributed by atoms with Gasteiger partial charge >= 0.3 is 0 Å². The Morgan fingerprint density at radius 2 is 1.93 bits per heavy atom. The number of phenols is 1. The molecule has 3 N–H and O–H groups in total. The lowest BCUT2D eigenvalue weighted by Gasteiger charge is -2.12. The standard InChI is InChI=1S/C20H19FN2O4/c1-2-26-27-11-14-9-17(20(22)25)16-8-13(10-23-18(16)19(14)24)7-12-3-5-15(21)6-4-12/h3-6,8-10,24H,2,7,11H2,1H3,(H2,22,25). The number of fused-ring (bicyclic) bond motifs is 1. The third-order valence-corrected chi connectivity index (χ3v) is 4.08. The van der Waals surface area contributed by atoms with Crippen molar-refractivity contribution in [3.63, 3.8) is 0 Å². The maximum absolute atomic E-state index is 13.1. The number of primary amides is 1. The zero-order valence-corrected chi connectivity index (χ0v) is 14.7. The predicted octanol–water partition coefficient (Wildman–Crippen LogP) is 3.24. The lowest BCUT2D eigenvalue weighted by Crippen LogP contribution is -2.13. The minimum absolute atomic E-state index is 0.0467. The third-order valence-electron chi connectivity index (χ3n) is 4.08. The molecule has 0 saturated heterocycles. The van der Waals surface area contributed by atoms with Crippen LogP contribution in [0.5, 0.6) is 5.75 Å². The molecule has 6 nitrogen and oxygen atoms in total. The molecule has 0 fully saturated rings. The van der Waals surface area contributed by atoms with Gasteiger partial charge in [0.2, 0.25) is 5.91 Å². The summed E-state index contributed by atoms with van der Waals surface area (Å²) in [6.45, 7) is 2.07. The molecule has 0 aliphatic carbocycles. The van der Waals surface area contributed by atoms with Crippen LogP contribution in [0.4, 0.5) is 4.39 Å². The molecule has 0 saturated carbocycles. The van der Waals surface area contributed by atoms with Crippen LogP contribution >= 0.6 is 0 Å². The molecule has 0 aliphatic rings. The molecule has 2 aromatic carbocycles. The van der Waals surface area contributed by atoms with Crippen LogP contribution in [0.1, 0.15) is 34.0 Å². The van der Waals surface area contributed by atoms with Crippen LogP contribution in [0, 0.1) is 5.82 Å². The second-order valence-corrected chi connectivity index (χ2v) is 6.01. The minimum atomic E-state index is -0.640. The van der Waals surface area contributed by atoms with Gasteiger partial charge in [-0.05, 0) is 48.7 Å². The second-order valence-electron chi connectivity index (χ2n) is 6.01. The number of carbonyl (C=O) groups is 1. The molecule has 140 valence electrons. The van der Waals surface area contributed by atoms with Crippen molar-refractivity contribution >= 4 is 16.8 Å². The summed E-state index contributed by atoms with van der Waals surface area (Å²) in [7, 11) is 0. The number of rotatable bonds is 7. The minimum Gasteiger partial charge on any atom is -0.505 e. The summed E-state index contributed by atoms with van der Waals surface area (Å²) >= 11 is 0. The van der Waals surface area contributed by atoms with Gasteiger partial charge in [-0.1, -0.05) is 12.1 Å². The average molecular weight is 370 g/mol. The van der Waals surface area contributed by atoms with Gasteiger partial charge in [0.15, 0.2) is 0 Å². The molecular weight excluding hydrogens is 351 g/mol.